The standard InChI is InChI=1S/C14H26O5/c1-9(15)6-4-5-7-10(2)18-14-13(17)8-12(16)11(3)19-14/h10-14,16-17H,4-8H2,1-3H3/t10-,11?,12-,13?,14-/m1/s1. The predicted octanol–water partition coefficient (Wildman–Crippen LogP) is 1.40. The van der Waals surface area contributed by atoms with Gasteiger partial charge in [0.2, 0.25) is 0 Å². The second kappa shape index (κ2) is 7.94. The largest absolute Gasteiger partial charge is 0.390 e. The Kier molecular flexibility index (Phi) is 6.93. The van der Waals surface area contributed by atoms with Crippen LogP contribution < -0.4 is 0 Å². The maximum absolute atomic E-state index is 10.8. The Hall–Kier alpha value is -0.490. The Labute approximate surface area is 114 Å². The van der Waals surface area contributed by atoms with E-state index in [0.29, 0.717) is 6.42 Å². The molecule has 1 heterocycles. The lowest BCUT2D eigenvalue weighted by Gasteiger charge is -2.36. The zero-order valence-corrected chi connectivity index (χ0v) is 12.0. The van der Waals surface area contributed by atoms with Gasteiger partial charge in [-0.2, -0.15) is 0 Å². The molecule has 1 fully saturated rings. The van der Waals surface area contributed by atoms with E-state index in [9.17, 15) is 15.0 Å². The van der Waals surface area contributed by atoms with Crippen LogP contribution in [0.2, 0.25) is 0 Å². The van der Waals surface area contributed by atoms with Gasteiger partial charge in [0.15, 0.2) is 6.29 Å². The van der Waals surface area contributed by atoms with Crippen molar-refractivity contribution in [2.24, 2.45) is 0 Å². The van der Waals surface area contributed by atoms with Gasteiger partial charge in [-0.1, -0.05) is 6.42 Å². The van der Waals surface area contributed by atoms with Crippen LogP contribution in [0, 0.1) is 0 Å². The van der Waals surface area contributed by atoms with Crippen molar-refractivity contribution in [1.29, 1.82) is 0 Å². The van der Waals surface area contributed by atoms with Gasteiger partial charge in [-0.05, 0) is 33.6 Å². The van der Waals surface area contributed by atoms with Crippen molar-refractivity contribution in [2.45, 2.75) is 83.6 Å². The molecule has 0 saturated carbocycles. The van der Waals surface area contributed by atoms with Gasteiger partial charge in [-0.3, -0.25) is 0 Å². The van der Waals surface area contributed by atoms with E-state index in [4.69, 9.17) is 9.47 Å². The summed E-state index contributed by atoms with van der Waals surface area (Å²) in [5.41, 5.74) is 0. The van der Waals surface area contributed by atoms with Crippen LogP contribution in [0.5, 0.6) is 0 Å². The molecule has 2 N–H and O–H groups in total. The molecule has 0 aliphatic carbocycles. The van der Waals surface area contributed by atoms with Crippen molar-refractivity contribution in [3.63, 3.8) is 0 Å². The van der Waals surface area contributed by atoms with Gasteiger partial charge >= 0.3 is 0 Å². The van der Waals surface area contributed by atoms with Crippen molar-refractivity contribution in [1.82, 2.24) is 0 Å². The van der Waals surface area contributed by atoms with Crippen LogP contribution in [0.4, 0.5) is 0 Å². The monoisotopic (exact) mass is 274 g/mol. The summed E-state index contributed by atoms with van der Waals surface area (Å²) in [7, 11) is 0. The minimum Gasteiger partial charge on any atom is -0.390 e. The van der Waals surface area contributed by atoms with Crippen molar-refractivity contribution in [3.8, 4) is 0 Å². The number of aliphatic hydroxyl groups excluding tert-OH is 2. The van der Waals surface area contributed by atoms with Crippen molar-refractivity contribution in [3.05, 3.63) is 0 Å². The normalized spacial score (nSPS) is 33.1. The number of carbonyl (C=O) groups is 1. The van der Waals surface area contributed by atoms with Gasteiger partial charge in [0, 0.05) is 12.8 Å². The van der Waals surface area contributed by atoms with Gasteiger partial charge in [-0.15, -0.1) is 0 Å². The predicted molar refractivity (Wildman–Crippen MR) is 70.7 cm³/mol. The number of ketones is 1. The summed E-state index contributed by atoms with van der Waals surface area (Å²) in [4.78, 5) is 10.8. The fraction of sp³-hybridized carbons (Fsp3) is 0.929. The van der Waals surface area contributed by atoms with Crippen molar-refractivity contribution in [2.75, 3.05) is 0 Å². The Balaban J connectivity index is 2.23. The molecule has 0 amide bonds. The summed E-state index contributed by atoms with van der Waals surface area (Å²) >= 11 is 0. The molecule has 1 rings (SSSR count). The van der Waals surface area contributed by atoms with Crippen LogP contribution in [-0.4, -0.2) is 46.7 Å². The van der Waals surface area contributed by atoms with E-state index in [2.05, 4.69) is 0 Å². The Morgan fingerprint density at radius 3 is 2.68 bits per heavy atom. The molecule has 19 heavy (non-hydrogen) atoms. The smallest absolute Gasteiger partial charge is 0.184 e. The average molecular weight is 274 g/mol. The summed E-state index contributed by atoms with van der Waals surface area (Å²) in [5, 5.41) is 19.3. The summed E-state index contributed by atoms with van der Waals surface area (Å²) in [6, 6.07) is 0. The van der Waals surface area contributed by atoms with Gasteiger partial charge in [0.1, 0.15) is 11.9 Å². The molecule has 1 saturated heterocycles. The molecule has 1 aliphatic heterocycles. The first-order chi connectivity index (χ1) is 8.90. The molecule has 112 valence electrons. The van der Waals surface area contributed by atoms with E-state index in [1.54, 1.807) is 13.8 Å². The maximum Gasteiger partial charge on any atom is 0.184 e. The molecular formula is C14H26O5. The Morgan fingerprint density at radius 2 is 2.05 bits per heavy atom. The molecule has 0 aromatic heterocycles. The highest BCUT2D eigenvalue weighted by Crippen LogP contribution is 2.23. The molecule has 0 aromatic carbocycles. The molecule has 5 heteroatoms. The van der Waals surface area contributed by atoms with Gasteiger partial charge < -0.3 is 24.5 Å². The van der Waals surface area contributed by atoms with Crippen molar-refractivity contribution < 1.29 is 24.5 Å². The quantitative estimate of drug-likeness (QED) is 0.686. The lowest BCUT2D eigenvalue weighted by Crippen LogP contribution is -2.48. The number of rotatable bonds is 7. The minimum absolute atomic E-state index is 0.0333. The molecule has 0 aromatic rings. The van der Waals surface area contributed by atoms with Gasteiger partial charge in [-0.25, -0.2) is 0 Å². The highest BCUT2D eigenvalue weighted by molar-refractivity contribution is 5.75. The molecule has 5 atom stereocenters. The van der Waals surface area contributed by atoms with E-state index >= 15 is 0 Å². The number of aliphatic hydroxyl groups is 2. The first-order valence-corrected chi connectivity index (χ1v) is 7.06. The van der Waals surface area contributed by atoms with Crippen molar-refractivity contribution >= 4 is 5.78 Å². The van der Waals surface area contributed by atoms with Crippen LogP contribution in [-0.2, 0) is 14.3 Å². The highest BCUT2D eigenvalue weighted by Gasteiger charge is 2.35. The fourth-order valence-electron chi connectivity index (χ4n) is 2.17. The zero-order valence-electron chi connectivity index (χ0n) is 12.0. The number of hydrogen-bond donors (Lipinski definition) is 2. The molecule has 0 bridgehead atoms. The summed E-state index contributed by atoms with van der Waals surface area (Å²) in [6.07, 6.45) is 1.06. The second-order valence-corrected chi connectivity index (χ2v) is 5.47. The Morgan fingerprint density at radius 1 is 1.37 bits per heavy atom. The molecule has 5 nitrogen and oxygen atoms in total. The van der Waals surface area contributed by atoms with Crippen LogP contribution in [0.25, 0.3) is 0 Å². The van der Waals surface area contributed by atoms with E-state index in [0.717, 1.165) is 19.3 Å². The van der Waals surface area contributed by atoms with E-state index in [1.165, 1.54) is 0 Å². The molecule has 1 aliphatic rings. The summed E-state index contributed by atoms with van der Waals surface area (Å²) in [6.45, 7) is 5.29. The number of hydrogen-bond acceptors (Lipinski definition) is 5. The first-order valence-electron chi connectivity index (χ1n) is 7.06. The topological polar surface area (TPSA) is 76.0 Å². The Bertz CT molecular complexity index is 281. The SMILES string of the molecule is CC(=O)CCCC[C@@H](C)O[C@@H]1OC(C)[C@H](O)CC1O. The second-order valence-electron chi connectivity index (χ2n) is 5.47. The fourth-order valence-corrected chi connectivity index (χ4v) is 2.17. The summed E-state index contributed by atoms with van der Waals surface area (Å²) in [5.74, 6) is 0.211. The maximum atomic E-state index is 10.8. The zero-order chi connectivity index (χ0) is 14.4. The first kappa shape index (κ1) is 16.6. The lowest BCUT2D eigenvalue weighted by atomic mass is 10.0. The third-order valence-electron chi connectivity index (χ3n) is 3.44. The molecule has 2 unspecified atom stereocenters. The number of ether oxygens (including phenoxy) is 2. The minimum atomic E-state index is -0.786. The third kappa shape index (κ3) is 5.99. The van der Waals surface area contributed by atoms with E-state index in [-0.39, 0.29) is 24.4 Å². The van der Waals surface area contributed by atoms with Gasteiger partial charge in [0.05, 0.1) is 18.3 Å². The van der Waals surface area contributed by atoms with E-state index < -0.39 is 18.5 Å². The number of carbonyl (C=O) groups excluding carboxylic acids is 1. The number of unbranched alkanes of at least 4 members (excludes halogenated alkanes) is 1. The third-order valence-corrected chi connectivity index (χ3v) is 3.44. The van der Waals surface area contributed by atoms with Crippen LogP contribution in [0.15, 0.2) is 0 Å². The summed E-state index contributed by atoms with van der Waals surface area (Å²) < 4.78 is 11.1. The van der Waals surface area contributed by atoms with Crippen LogP contribution >= 0.6 is 0 Å². The molecule has 0 radical (unpaired) electrons. The van der Waals surface area contributed by atoms with E-state index in [1.807, 2.05) is 6.92 Å². The van der Waals surface area contributed by atoms with Crippen LogP contribution in [0.1, 0.15) is 52.9 Å². The number of Topliss-reactive ketones (excluding diaryl/α,β-unsaturated/α-hetero) is 1. The molecule has 0 spiro atoms. The van der Waals surface area contributed by atoms with Crippen LogP contribution in [0.3, 0.4) is 0 Å². The van der Waals surface area contributed by atoms with Gasteiger partial charge in [0.25, 0.3) is 0 Å². The average Bonchev–Trinajstić information content (AvgIpc) is 2.31. The molecular weight excluding hydrogens is 248 g/mol. The highest BCUT2D eigenvalue weighted by atomic mass is 16.7. The lowest BCUT2D eigenvalue weighted by molar-refractivity contribution is -0.273.